The Kier molecular flexibility index (Phi) is 12.7. The lowest BCUT2D eigenvalue weighted by molar-refractivity contribution is -0.151. The molecule has 10 nitrogen and oxygen atoms in total. The second-order valence-electron chi connectivity index (χ2n) is 7.84. The van der Waals surface area contributed by atoms with Crippen LogP contribution in [0.25, 0.3) is 0 Å². The molecule has 2 atom stereocenters. The van der Waals surface area contributed by atoms with Crippen LogP contribution in [0.3, 0.4) is 0 Å². The Morgan fingerprint density at radius 3 is 2.56 bits per heavy atom. The highest BCUT2D eigenvalue weighted by atomic mass is 16.5. The average Bonchev–Trinajstić information content (AvgIpc) is 3.36. The first-order chi connectivity index (χ1) is 17.5. The van der Waals surface area contributed by atoms with Gasteiger partial charge in [0.25, 0.3) is 5.91 Å². The fraction of sp³-hybridized carbons (Fsp3) is 0.385. The summed E-state index contributed by atoms with van der Waals surface area (Å²) in [7, 11) is 1.40. The molecule has 36 heavy (non-hydrogen) atoms. The maximum absolute atomic E-state index is 13.0. The van der Waals surface area contributed by atoms with Crippen molar-refractivity contribution in [2.45, 2.75) is 38.1 Å². The predicted octanol–water partition coefficient (Wildman–Crippen LogP) is 2.02. The number of ether oxygens (including phenoxy) is 3. The number of aryl methyl sites for hydroxylation is 1. The highest BCUT2D eigenvalue weighted by Crippen LogP contribution is 2.05. The van der Waals surface area contributed by atoms with Gasteiger partial charge in [0.1, 0.15) is 12.6 Å². The van der Waals surface area contributed by atoms with Gasteiger partial charge in [0.15, 0.2) is 11.9 Å². The number of nitrogens with zero attached hydrogens (tertiary/aromatic N) is 2. The topological polar surface area (TPSA) is 121 Å². The number of amides is 2. The van der Waals surface area contributed by atoms with Crippen molar-refractivity contribution in [2.24, 2.45) is 0 Å². The van der Waals surface area contributed by atoms with E-state index in [1.807, 2.05) is 30.3 Å². The number of rotatable bonds is 17. The number of carbonyl (C=O) groups excluding carboxylic acids is 3. The van der Waals surface area contributed by atoms with Crippen molar-refractivity contribution in [3.63, 3.8) is 0 Å². The van der Waals surface area contributed by atoms with E-state index >= 15 is 0 Å². The van der Waals surface area contributed by atoms with Crippen LogP contribution >= 0.6 is 0 Å². The van der Waals surface area contributed by atoms with E-state index in [-0.39, 0.29) is 32.3 Å². The number of benzene rings is 1. The summed E-state index contributed by atoms with van der Waals surface area (Å²) in [5.41, 5.74) is 0.802. The second kappa shape index (κ2) is 16.0. The maximum atomic E-state index is 13.0. The van der Waals surface area contributed by atoms with Crippen molar-refractivity contribution in [3.05, 3.63) is 79.4 Å². The third-order valence-corrected chi connectivity index (χ3v) is 5.03. The van der Waals surface area contributed by atoms with E-state index in [9.17, 15) is 14.4 Å². The van der Waals surface area contributed by atoms with Gasteiger partial charge < -0.3 is 29.4 Å². The van der Waals surface area contributed by atoms with Gasteiger partial charge in [-0.1, -0.05) is 42.5 Å². The molecule has 2 amide bonds. The lowest BCUT2D eigenvalue weighted by Gasteiger charge is -2.22. The molecule has 0 aliphatic rings. The smallest absolute Gasteiger partial charge is 0.331 e. The number of imidazole rings is 1. The molecule has 0 aliphatic carbocycles. The molecule has 0 fully saturated rings. The monoisotopic (exact) mass is 498 g/mol. The Bertz CT molecular complexity index is 991. The average molecular weight is 499 g/mol. The van der Waals surface area contributed by atoms with Crippen LogP contribution in [-0.2, 0) is 37.0 Å². The highest BCUT2D eigenvalue weighted by molar-refractivity contribution is 5.96. The number of allylic oxidation sites excluding steroid dienone is 1. The molecule has 2 N–H and O–H groups in total. The first-order valence-electron chi connectivity index (χ1n) is 11.6. The van der Waals surface area contributed by atoms with Crippen molar-refractivity contribution < 1.29 is 28.6 Å². The van der Waals surface area contributed by atoms with Crippen LogP contribution in [0.15, 0.2) is 68.0 Å². The number of unbranched alkanes of at least 4 members (excludes halogenated alkanes) is 1. The number of esters is 1. The molecule has 2 rings (SSSR count). The summed E-state index contributed by atoms with van der Waals surface area (Å²) in [6.45, 7) is 7.82. The van der Waals surface area contributed by atoms with Crippen LogP contribution in [0, 0.1) is 0 Å². The largest absolute Gasteiger partial charge is 0.459 e. The Hall–Kier alpha value is -3.76. The quantitative estimate of drug-likeness (QED) is 0.194. The summed E-state index contributed by atoms with van der Waals surface area (Å²) >= 11 is 0. The first-order valence-corrected chi connectivity index (χ1v) is 11.6. The summed E-state index contributed by atoms with van der Waals surface area (Å²) in [6, 6.07) is 6.98. The van der Waals surface area contributed by atoms with E-state index in [0.29, 0.717) is 6.54 Å². The molecule has 0 spiro atoms. The summed E-state index contributed by atoms with van der Waals surface area (Å²) in [5, 5.41) is 5.23. The molecule has 0 saturated carbocycles. The van der Waals surface area contributed by atoms with E-state index in [0.717, 1.165) is 18.4 Å². The minimum atomic E-state index is -1.10. The normalized spacial score (nSPS) is 12.2. The van der Waals surface area contributed by atoms with Gasteiger partial charge in [0.05, 0.1) is 19.8 Å². The Morgan fingerprint density at radius 1 is 1.08 bits per heavy atom. The van der Waals surface area contributed by atoms with Crippen LogP contribution in [-0.4, -0.2) is 66.3 Å². The third-order valence-electron chi connectivity index (χ3n) is 5.03. The summed E-state index contributed by atoms with van der Waals surface area (Å²) in [6.07, 6.45) is 8.13. The van der Waals surface area contributed by atoms with Crippen LogP contribution < -0.4 is 10.6 Å². The third kappa shape index (κ3) is 9.47. The summed E-state index contributed by atoms with van der Waals surface area (Å²) < 4.78 is 17.6. The van der Waals surface area contributed by atoms with Crippen molar-refractivity contribution in [3.8, 4) is 0 Å². The van der Waals surface area contributed by atoms with Crippen molar-refractivity contribution in [1.29, 1.82) is 0 Å². The molecular formula is C26H34N4O6. The zero-order valence-electron chi connectivity index (χ0n) is 20.6. The predicted molar refractivity (Wildman–Crippen MR) is 134 cm³/mol. The minimum Gasteiger partial charge on any atom is -0.459 e. The molecule has 10 heteroatoms. The van der Waals surface area contributed by atoms with E-state index in [2.05, 4.69) is 28.8 Å². The van der Waals surface area contributed by atoms with Gasteiger partial charge in [-0.3, -0.25) is 9.59 Å². The standard InChI is InChI=1S/C26H34N4O6/c1-4-6-10-14-30-15-13-27-23(30)25(32)28-21(18-34-3)24(31)29-22(19-35-16-5-2)26(33)36-17-20-11-8-7-9-12-20/h4-5,7-9,11-13,15,21-22H,1-2,6,10,14,16-19H2,3H3,(H,28,32)(H,29,31)/t21-,22-/m0/s1. The zero-order chi connectivity index (χ0) is 26.2. The van der Waals surface area contributed by atoms with Crippen LogP contribution in [0.5, 0.6) is 0 Å². The number of carbonyl (C=O) groups is 3. The van der Waals surface area contributed by atoms with Gasteiger partial charge in [-0.2, -0.15) is 0 Å². The zero-order valence-corrected chi connectivity index (χ0v) is 20.6. The van der Waals surface area contributed by atoms with Gasteiger partial charge in [-0.25, -0.2) is 9.78 Å². The maximum Gasteiger partial charge on any atom is 0.331 e. The minimum absolute atomic E-state index is 0.0419. The van der Waals surface area contributed by atoms with Gasteiger partial charge >= 0.3 is 5.97 Å². The summed E-state index contributed by atoms with van der Waals surface area (Å²) in [5.74, 6) is -1.67. The van der Waals surface area contributed by atoms with E-state index < -0.39 is 29.9 Å². The van der Waals surface area contributed by atoms with E-state index in [1.165, 1.54) is 19.4 Å². The molecule has 0 saturated heterocycles. The molecule has 0 unspecified atom stereocenters. The van der Waals surface area contributed by atoms with Crippen molar-refractivity contribution in [2.75, 3.05) is 26.9 Å². The molecule has 194 valence electrons. The number of hydrogen-bond acceptors (Lipinski definition) is 7. The molecule has 1 heterocycles. The molecule has 0 bridgehead atoms. The number of aromatic nitrogens is 2. The van der Waals surface area contributed by atoms with Gasteiger partial charge in [0, 0.05) is 26.0 Å². The highest BCUT2D eigenvalue weighted by Gasteiger charge is 2.29. The number of nitrogens with one attached hydrogen (secondary N) is 2. The molecule has 1 aromatic carbocycles. The second-order valence-corrected chi connectivity index (χ2v) is 7.84. The molecule has 2 aromatic rings. The van der Waals surface area contributed by atoms with E-state index in [4.69, 9.17) is 14.2 Å². The molecule has 0 aliphatic heterocycles. The SMILES string of the molecule is C=CCCCn1ccnc1C(=O)N[C@@H](COC)C(=O)N[C@@H](COCC=C)C(=O)OCc1ccccc1. The lowest BCUT2D eigenvalue weighted by Crippen LogP contribution is -2.55. The van der Waals surface area contributed by atoms with Crippen molar-refractivity contribution >= 4 is 17.8 Å². The molecule has 0 radical (unpaired) electrons. The fourth-order valence-electron chi connectivity index (χ4n) is 3.22. The van der Waals surface area contributed by atoms with Gasteiger partial charge in [0.2, 0.25) is 5.91 Å². The van der Waals surface area contributed by atoms with Crippen LogP contribution in [0.4, 0.5) is 0 Å². The first kappa shape index (κ1) is 28.5. The van der Waals surface area contributed by atoms with Crippen LogP contribution in [0.1, 0.15) is 29.0 Å². The van der Waals surface area contributed by atoms with Gasteiger partial charge in [-0.05, 0) is 18.4 Å². The van der Waals surface area contributed by atoms with Gasteiger partial charge in [-0.15, -0.1) is 13.2 Å². The van der Waals surface area contributed by atoms with E-state index in [1.54, 1.807) is 16.8 Å². The Morgan fingerprint density at radius 2 is 1.86 bits per heavy atom. The molecular weight excluding hydrogens is 464 g/mol. The molecule has 1 aromatic heterocycles. The summed E-state index contributed by atoms with van der Waals surface area (Å²) in [4.78, 5) is 42.7. The number of hydrogen-bond donors (Lipinski definition) is 2. The lowest BCUT2D eigenvalue weighted by atomic mass is 10.2. The van der Waals surface area contributed by atoms with Crippen molar-refractivity contribution in [1.82, 2.24) is 20.2 Å². The fourth-order valence-corrected chi connectivity index (χ4v) is 3.22. The van der Waals surface area contributed by atoms with Crippen LogP contribution in [0.2, 0.25) is 0 Å². The Balaban J connectivity index is 2.05. The Labute approximate surface area is 211 Å². The number of methoxy groups -OCH3 is 1.